The predicted molar refractivity (Wildman–Crippen MR) is 66.3 cm³/mol. The molecule has 1 aromatic carbocycles. The minimum absolute atomic E-state index is 0.447. The summed E-state index contributed by atoms with van der Waals surface area (Å²) in [6.45, 7) is 4.16. The van der Waals surface area contributed by atoms with Gasteiger partial charge in [-0.3, -0.25) is 0 Å². The van der Waals surface area contributed by atoms with Crippen LogP contribution in [0.3, 0.4) is 0 Å². The summed E-state index contributed by atoms with van der Waals surface area (Å²) in [7, 11) is 0. The van der Waals surface area contributed by atoms with E-state index < -0.39 is 0 Å². The zero-order chi connectivity index (χ0) is 11.5. The van der Waals surface area contributed by atoms with Gasteiger partial charge >= 0.3 is 0 Å². The number of nitriles is 1. The van der Waals surface area contributed by atoms with Gasteiger partial charge in [0.05, 0.1) is 12.5 Å². The van der Waals surface area contributed by atoms with Gasteiger partial charge in [0.1, 0.15) is 5.01 Å². The van der Waals surface area contributed by atoms with Crippen LogP contribution in [0.5, 0.6) is 0 Å². The highest BCUT2D eigenvalue weighted by atomic mass is 32.1. The molecule has 0 spiro atoms. The van der Waals surface area contributed by atoms with Crippen LogP contribution < -0.4 is 0 Å². The predicted octanol–water partition coefficient (Wildman–Crippen LogP) is 3.49. The van der Waals surface area contributed by atoms with Crippen LogP contribution in [-0.4, -0.2) is 4.98 Å². The molecule has 0 aliphatic carbocycles. The molecule has 80 valence electrons. The molecule has 0 bridgehead atoms. The zero-order valence-electron chi connectivity index (χ0n) is 9.32. The summed E-state index contributed by atoms with van der Waals surface area (Å²) in [5.74, 6) is 0. The molecule has 2 nitrogen and oxygen atoms in total. The van der Waals surface area contributed by atoms with Crippen molar-refractivity contribution in [2.24, 2.45) is 0 Å². The molecule has 0 atom stereocenters. The normalized spacial score (nSPS) is 10.1. The van der Waals surface area contributed by atoms with Crippen molar-refractivity contribution < 1.29 is 0 Å². The van der Waals surface area contributed by atoms with E-state index in [1.165, 1.54) is 16.7 Å². The highest BCUT2D eigenvalue weighted by molar-refractivity contribution is 7.15. The molecule has 3 heteroatoms. The van der Waals surface area contributed by atoms with Crippen molar-refractivity contribution >= 4 is 11.3 Å². The first-order chi connectivity index (χ1) is 7.70. The summed E-state index contributed by atoms with van der Waals surface area (Å²) in [6.07, 6.45) is 2.24. The maximum absolute atomic E-state index is 8.63. The van der Waals surface area contributed by atoms with Gasteiger partial charge in [0.15, 0.2) is 0 Å². The first-order valence-electron chi connectivity index (χ1n) is 5.10. The lowest BCUT2D eigenvalue weighted by Gasteiger charge is -2.02. The van der Waals surface area contributed by atoms with E-state index in [1.807, 2.05) is 0 Å². The quantitative estimate of drug-likeness (QED) is 0.788. The van der Waals surface area contributed by atoms with Crippen LogP contribution in [0.25, 0.3) is 10.6 Å². The van der Waals surface area contributed by atoms with Gasteiger partial charge in [0.25, 0.3) is 0 Å². The number of aryl methyl sites for hydroxylation is 2. The first-order valence-corrected chi connectivity index (χ1v) is 5.91. The van der Waals surface area contributed by atoms with Crippen LogP contribution in [0, 0.1) is 25.2 Å². The zero-order valence-corrected chi connectivity index (χ0v) is 10.1. The second-order valence-corrected chi connectivity index (χ2v) is 4.90. The van der Waals surface area contributed by atoms with Crippen molar-refractivity contribution in [1.29, 1.82) is 5.26 Å². The van der Waals surface area contributed by atoms with E-state index in [2.05, 4.69) is 43.1 Å². The van der Waals surface area contributed by atoms with E-state index in [9.17, 15) is 0 Å². The third-order valence-electron chi connectivity index (χ3n) is 2.43. The Hall–Kier alpha value is -1.66. The third-order valence-corrected chi connectivity index (χ3v) is 3.46. The summed E-state index contributed by atoms with van der Waals surface area (Å²) in [6, 6.07) is 8.50. The number of rotatable bonds is 2. The minimum Gasteiger partial charge on any atom is -0.244 e. The summed E-state index contributed by atoms with van der Waals surface area (Å²) < 4.78 is 0. The van der Waals surface area contributed by atoms with E-state index in [0.29, 0.717) is 6.42 Å². The number of hydrogen-bond donors (Lipinski definition) is 0. The standard InChI is InChI=1S/C13H12N2S/c1-9-3-4-10(2)12(7-9)13-15-8-11(16-13)5-6-14/h3-4,7-8H,5H2,1-2H3. The Morgan fingerprint density at radius 3 is 2.94 bits per heavy atom. The molecule has 0 saturated carbocycles. The smallest absolute Gasteiger partial charge is 0.123 e. The van der Waals surface area contributed by atoms with Crippen LogP contribution >= 0.6 is 11.3 Å². The average Bonchev–Trinajstić information content (AvgIpc) is 2.71. The van der Waals surface area contributed by atoms with Gasteiger partial charge in [-0.25, -0.2) is 4.98 Å². The first kappa shape index (κ1) is 10.8. The molecule has 1 heterocycles. The molecule has 0 aliphatic heterocycles. The SMILES string of the molecule is Cc1ccc(C)c(-c2ncc(CC#N)s2)c1. The van der Waals surface area contributed by atoms with Gasteiger partial charge in [-0.05, 0) is 25.5 Å². The Labute approximate surface area is 99.2 Å². The molecule has 1 aromatic heterocycles. The third kappa shape index (κ3) is 2.12. The summed E-state index contributed by atoms with van der Waals surface area (Å²) in [4.78, 5) is 5.40. The minimum atomic E-state index is 0.447. The molecule has 0 aliphatic rings. The van der Waals surface area contributed by atoms with Gasteiger partial charge in [0.2, 0.25) is 0 Å². The van der Waals surface area contributed by atoms with Gasteiger partial charge in [-0.15, -0.1) is 11.3 Å². The molecular formula is C13H12N2S. The Kier molecular flexibility index (Phi) is 3.02. The highest BCUT2D eigenvalue weighted by Crippen LogP contribution is 2.28. The van der Waals surface area contributed by atoms with E-state index >= 15 is 0 Å². The maximum atomic E-state index is 8.63. The fourth-order valence-corrected chi connectivity index (χ4v) is 2.48. The molecule has 0 unspecified atom stereocenters. The van der Waals surface area contributed by atoms with Crippen molar-refractivity contribution in [3.63, 3.8) is 0 Å². The Bertz CT molecular complexity index is 549. The van der Waals surface area contributed by atoms with Gasteiger partial charge in [0, 0.05) is 16.6 Å². The number of thiazole rings is 1. The molecule has 16 heavy (non-hydrogen) atoms. The second-order valence-electron chi connectivity index (χ2n) is 3.78. The largest absolute Gasteiger partial charge is 0.244 e. The lowest BCUT2D eigenvalue weighted by Crippen LogP contribution is -1.83. The molecule has 2 aromatic rings. The number of nitrogens with zero attached hydrogens (tertiary/aromatic N) is 2. The van der Waals surface area contributed by atoms with Crippen LogP contribution in [-0.2, 0) is 6.42 Å². The summed E-state index contributed by atoms with van der Waals surface area (Å²) in [5, 5.41) is 9.63. The molecular weight excluding hydrogens is 216 g/mol. The molecule has 0 radical (unpaired) electrons. The van der Waals surface area contributed by atoms with Crippen LogP contribution in [0.2, 0.25) is 0 Å². The lowest BCUT2D eigenvalue weighted by atomic mass is 10.1. The maximum Gasteiger partial charge on any atom is 0.123 e. The lowest BCUT2D eigenvalue weighted by molar-refractivity contribution is 1.28. The van der Waals surface area contributed by atoms with Crippen molar-refractivity contribution in [3.05, 3.63) is 40.4 Å². The van der Waals surface area contributed by atoms with Crippen molar-refractivity contribution in [1.82, 2.24) is 4.98 Å². The summed E-state index contributed by atoms with van der Waals surface area (Å²) in [5.41, 5.74) is 3.63. The topological polar surface area (TPSA) is 36.7 Å². The monoisotopic (exact) mass is 228 g/mol. The molecule has 0 N–H and O–H groups in total. The van der Waals surface area contributed by atoms with E-state index in [1.54, 1.807) is 17.5 Å². The Morgan fingerprint density at radius 1 is 1.38 bits per heavy atom. The second kappa shape index (κ2) is 4.46. The number of hydrogen-bond acceptors (Lipinski definition) is 3. The van der Waals surface area contributed by atoms with Crippen molar-refractivity contribution in [2.45, 2.75) is 20.3 Å². The molecule has 2 rings (SSSR count). The molecule has 0 fully saturated rings. The molecule has 0 saturated heterocycles. The Morgan fingerprint density at radius 2 is 2.19 bits per heavy atom. The Balaban J connectivity index is 2.42. The van der Waals surface area contributed by atoms with E-state index in [0.717, 1.165) is 9.88 Å². The van der Waals surface area contributed by atoms with E-state index in [-0.39, 0.29) is 0 Å². The van der Waals surface area contributed by atoms with Gasteiger partial charge < -0.3 is 0 Å². The van der Waals surface area contributed by atoms with E-state index in [4.69, 9.17) is 5.26 Å². The fraction of sp³-hybridized carbons (Fsp3) is 0.231. The number of aromatic nitrogens is 1. The van der Waals surface area contributed by atoms with Crippen molar-refractivity contribution in [3.8, 4) is 16.6 Å². The summed E-state index contributed by atoms with van der Waals surface area (Å²) >= 11 is 1.60. The van der Waals surface area contributed by atoms with Crippen LogP contribution in [0.4, 0.5) is 0 Å². The van der Waals surface area contributed by atoms with Gasteiger partial charge in [-0.1, -0.05) is 17.7 Å². The molecule has 0 amide bonds. The average molecular weight is 228 g/mol. The van der Waals surface area contributed by atoms with Crippen LogP contribution in [0.15, 0.2) is 24.4 Å². The number of benzene rings is 1. The van der Waals surface area contributed by atoms with Crippen molar-refractivity contribution in [2.75, 3.05) is 0 Å². The highest BCUT2D eigenvalue weighted by Gasteiger charge is 2.07. The van der Waals surface area contributed by atoms with Gasteiger partial charge in [-0.2, -0.15) is 5.26 Å². The fourth-order valence-electron chi connectivity index (χ4n) is 1.56. The van der Waals surface area contributed by atoms with Crippen LogP contribution in [0.1, 0.15) is 16.0 Å².